The highest BCUT2D eigenvalue weighted by molar-refractivity contribution is 5.86. The van der Waals surface area contributed by atoms with Gasteiger partial charge >= 0.3 is 18.1 Å². The van der Waals surface area contributed by atoms with Crippen LogP contribution < -0.4 is 5.32 Å². The van der Waals surface area contributed by atoms with Crippen molar-refractivity contribution in [1.82, 2.24) is 5.32 Å². The minimum absolute atomic E-state index is 0.0171. The fourth-order valence-electron chi connectivity index (χ4n) is 1.63. The molecule has 0 saturated heterocycles. The monoisotopic (exact) mass is 283 g/mol. The molecule has 0 aromatic rings. The van der Waals surface area contributed by atoms with E-state index in [1.54, 1.807) is 0 Å². The molecule has 0 aromatic heterocycles. The van der Waals surface area contributed by atoms with Crippen molar-refractivity contribution < 1.29 is 27.9 Å². The van der Waals surface area contributed by atoms with Crippen LogP contribution in [0.15, 0.2) is 0 Å². The number of alkyl halides is 3. The van der Waals surface area contributed by atoms with Gasteiger partial charge < -0.3 is 10.4 Å². The van der Waals surface area contributed by atoms with Gasteiger partial charge in [0.15, 0.2) is 0 Å². The molecule has 0 aliphatic carbocycles. The maximum absolute atomic E-state index is 12.0. The van der Waals surface area contributed by atoms with Crippen LogP contribution in [0.4, 0.5) is 13.2 Å². The number of carboxylic acids is 1. The summed E-state index contributed by atoms with van der Waals surface area (Å²) in [5.74, 6) is -3.64. The number of carbonyl (C=O) groups excluding carboxylic acids is 1. The average Bonchev–Trinajstić information content (AvgIpc) is 2.30. The van der Waals surface area contributed by atoms with Gasteiger partial charge in [-0.25, -0.2) is 4.79 Å². The highest BCUT2D eigenvalue weighted by Gasteiger charge is 2.40. The highest BCUT2D eigenvalue weighted by atomic mass is 19.4. The molecule has 2 N–H and O–H groups in total. The molecule has 1 atom stereocenters. The Hall–Kier alpha value is -1.27. The van der Waals surface area contributed by atoms with Crippen molar-refractivity contribution in [3.63, 3.8) is 0 Å². The van der Waals surface area contributed by atoms with Crippen molar-refractivity contribution in [2.45, 2.75) is 64.1 Å². The summed E-state index contributed by atoms with van der Waals surface area (Å²) in [5, 5.41) is 10.2. The Morgan fingerprint density at radius 1 is 1.11 bits per heavy atom. The van der Waals surface area contributed by atoms with Crippen molar-refractivity contribution in [2.24, 2.45) is 0 Å². The zero-order valence-electron chi connectivity index (χ0n) is 10.9. The molecule has 19 heavy (non-hydrogen) atoms. The first kappa shape index (κ1) is 17.7. The second-order valence-electron chi connectivity index (χ2n) is 4.42. The lowest BCUT2D eigenvalue weighted by Gasteiger charge is -2.15. The minimum Gasteiger partial charge on any atom is -0.480 e. The zero-order chi connectivity index (χ0) is 14.9. The zero-order valence-corrected chi connectivity index (χ0v) is 10.9. The number of amides is 1. The number of nitrogens with one attached hydrogen (secondary N) is 1. The molecule has 1 unspecified atom stereocenters. The lowest BCUT2D eigenvalue weighted by atomic mass is 10.1. The number of aliphatic carboxylic acids is 1. The Labute approximate surface area is 110 Å². The molecule has 0 aromatic carbocycles. The van der Waals surface area contributed by atoms with Crippen LogP contribution in [0.3, 0.4) is 0 Å². The molecule has 0 fully saturated rings. The first-order chi connectivity index (χ1) is 8.79. The van der Waals surface area contributed by atoms with E-state index in [4.69, 9.17) is 5.11 Å². The molecule has 0 bridgehead atoms. The Morgan fingerprint density at radius 3 is 2.11 bits per heavy atom. The van der Waals surface area contributed by atoms with Gasteiger partial charge in [-0.05, 0) is 6.42 Å². The van der Waals surface area contributed by atoms with Gasteiger partial charge in [0, 0.05) is 0 Å². The molecule has 0 saturated carbocycles. The Morgan fingerprint density at radius 2 is 1.63 bits per heavy atom. The van der Waals surface area contributed by atoms with Crippen molar-refractivity contribution in [1.29, 1.82) is 0 Å². The van der Waals surface area contributed by atoms with Crippen LogP contribution in [-0.2, 0) is 9.59 Å². The summed E-state index contributed by atoms with van der Waals surface area (Å²) in [7, 11) is 0. The van der Waals surface area contributed by atoms with Crippen LogP contribution in [0.2, 0.25) is 0 Å². The van der Waals surface area contributed by atoms with Gasteiger partial charge in [0.25, 0.3) is 0 Å². The van der Waals surface area contributed by atoms with Crippen LogP contribution in [0.5, 0.6) is 0 Å². The van der Waals surface area contributed by atoms with E-state index in [0.717, 1.165) is 32.1 Å². The van der Waals surface area contributed by atoms with E-state index in [-0.39, 0.29) is 6.42 Å². The summed E-state index contributed by atoms with van der Waals surface area (Å²) in [5.41, 5.74) is 0. The summed E-state index contributed by atoms with van der Waals surface area (Å²) >= 11 is 0. The van der Waals surface area contributed by atoms with Crippen LogP contribution in [0.25, 0.3) is 0 Å². The second kappa shape index (κ2) is 8.77. The molecular weight excluding hydrogens is 263 g/mol. The van der Waals surface area contributed by atoms with Gasteiger partial charge in [-0.2, -0.15) is 13.2 Å². The van der Waals surface area contributed by atoms with Crippen LogP contribution in [-0.4, -0.2) is 29.2 Å². The molecule has 0 radical (unpaired) electrons. The molecular formula is C12H20F3NO3. The lowest BCUT2D eigenvalue weighted by Crippen LogP contribution is -2.46. The summed E-state index contributed by atoms with van der Waals surface area (Å²) < 4.78 is 36.0. The van der Waals surface area contributed by atoms with Crippen molar-refractivity contribution >= 4 is 11.9 Å². The number of rotatable bonds is 9. The van der Waals surface area contributed by atoms with Crippen LogP contribution in [0, 0.1) is 0 Å². The maximum atomic E-state index is 12.0. The fourth-order valence-corrected chi connectivity index (χ4v) is 1.63. The van der Waals surface area contributed by atoms with E-state index in [0.29, 0.717) is 6.42 Å². The minimum atomic E-state index is -5.05. The Bertz CT molecular complexity index is 292. The fraction of sp³-hybridized carbons (Fsp3) is 0.833. The van der Waals surface area contributed by atoms with E-state index in [1.807, 2.05) is 0 Å². The normalized spacial score (nSPS) is 13.1. The predicted molar refractivity (Wildman–Crippen MR) is 63.6 cm³/mol. The number of carboxylic acid groups (broad SMARTS) is 1. The first-order valence-corrected chi connectivity index (χ1v) is 6.39. The molecule has 4 nitrogen and oxygen atoms in total. The van der Waals surface area contributed by atoms with Crippen molar-refractivity contribution in [2.75, 3.05) is 0 Å². The first-order valence-electron chi connectivity index (χ1n) is 6.39. The maximum Gasteiger partial charge on any atom is 0.471 e. The van der Waals surface area contributed by atoms with Crippen molar-refractivity contribution in [3.8, 4) is 0 Å². The summed E-state index contributed by atoms with van der Waals surface area (Å²) in [6.45, 7) is 2.06. The van der Waals surface area contributed by atoms with E-state index >= 15 is 0 Å². The molecule has 1 amide bonds. The topological polar surface area (TPSA) is 66.4 Å². The van der Waals surface area contributed by atoms with E-state index in [1.165, 1.54) is 5.32 Å². The van der Waals surface area contributed by atoms with E-state index in [2.05, 4.69) is 6.92 Å². The summed E-state index contributed by atoms with van der Waals surface area (Å²) in [6, 6.07) is -1.47. The Kier molecular flexibility index (Phi) is 8.18. The molecule has 0 aliphatic heterocycles. The largest absolute Gasteiger partial charge is 0.480 e. The number of hydrogen-bond acceptors (Lipinski definition) is 2. The molecule has 0 heterocycles. The molecule has 0 rings (SSSR count). The smallest absolute Gasteiger partial charge is 0.471 e. The third-order valence-corrected chi connectivity index (χ3v) is 2.71. The van der Waals surface area contributed by atoms with Gasteiger partial charge in [0.1, 0.15) is 6.04 Å². The number of carbonyl (C=O) groups is 2. The van der Waals surface area contributed by atoms with Crippen LogP contribution in [0.1, 0.15) is 51.9 Å². The third kappa shape index (κ3) is 8.45. The number of halogens is 3. The van der Waals surface area contributed by atoms with Gasteiger partial charge in [-0.1, -0.05) is 45.4 Å². The quantitative estimate of drug-likeness (QED) is 0.639. The molecule has 7 heteroatoms. The molecule has 0 aliphatic rings. The second-order valence-corrected chi connectivity index (χ2v) is 4.42. The summed E-state index contributed by atoms with van der Waals surface area (Å²) in [4.78, 5) is 21.4. The summed E-state index contributed by atoms with van der Waals surface area (Å²) in [6.07, 6.45) is 0.339. The standard InChI is InChI=1S/C12H20F3NO3/c1-2-3-4-5-6-7-8-9(10(17)18)16-11(19)12(13,14)15/h9H,2-8H2,1H3,(H,16,19)(H,17,18). The third-order valence-electron chi connectivity index (χ3n) is 2.71. The SMILES string of the molecule is CCCCCCCCC(NC(=O)C(F)(F)F)C(=O)O. The van der Waals surface area contributed by atoms with Gasteiger partial charge in [-0.15, -0.1) is 0 Å². The average molecular weight is 283 g/mol. The predicted octanol–water partition coefficient (Wildman–Crippen LogP) is 2.87. The highest BCUT2D eigenvalue weighted by Crippen LogP contribution is 2.15. The van der Waals surface area contributed by atoms with E-state index in [9.17, 15) is 22.8 Å². The van der Waals surface area contributed by atoms with Gasteiger partial charge in [-0.3, -0.25) is 4.79 Å². The Balaban J connectivity index is 4.01. The number of hydrogen-bond donors (Lipinski definition) is 2. The van der Waals surface area contributed by atoms with Gasteiger partial charge in [0.05, 0.1) is 0 Å². The van der Waals surface area contributed by atoms with Crippen molar-refractivity contribution in [3.05, 3.63) is 0 Å². The molecule has 112 valence electrons. The van der Waals surface area contributed by atoms with Gasteiger partial charge in [0.2, 0.25) is 0 Å². The van der Waals surface area contributed by atoms with E-state index < -0.39 is 24.1 Å². The molecule has 0 spiro atoms. The lowest BCUT2D eigenvalue weighted by molar-refractivity contribution is -0.175. The number of unbranched alkanes of at least 4 members (excludes halogenated alkanes) is 5. The van der Waals surface area contributed by atoms with Crippen LogP contribution >= 0.6 is 0 Å².